The van der Waals surface area contributed by atoms with Crippen LogP contribution in [0.4, 0.5) is 5.69 Å². The van der Waals surface area contributed by atoms with Crippen LogP contribution in [0.1, 0.15) is 31.4 Å². The number of amides is 1. The molecule has 1 aromatic carbocycles. The molecule has 2 N–H and O–H groups in total. The Morgan fingerprint density at radius 3 is 3.05 bits per heavy atom. The number of nitrogens with one attached hydrogen (secondary N) is 2. The van der Waals surface area contributed by atoms with Crippen molar-refractivity contribution < 1.29 is 4.79 Å². The van der Waals surface area contributed by atoms with E-state index < -0.39 is 0 Å². The van der Waals surface area contributed by atoms with Crippen LogP contribution in [0.2, 0.25) is 0 Å². The summed E-state index contributed by atoms with van der Waals surface area (Å²) in [5.74, 6) is 0.0488. The van der Waals surface area contributed by atoms with Crippen LogP contribution in [-0.2, 0) is 4.79 Å². The van der Waals surface area contributed by atoms with Crippen molar-refractivity contribution in [1.82, 2.24) is 10.3 Å². The quantitative estimate of drug-likeness (QED) is 0.890. The molecule has 1 aromatic heterocycles. The average Bonchev–Trinajstić information content (AvgIpc) is 2.77. The first-order chi connectivity index (χ1) is 10.2. The third-order valence-corrected chi connectivity index (χ3v) is 3.99. The number of pyridine rings is 1. The van der Waals surface area contributed by atoms with Crippen molar-refractivity contribution in [2.45, 2.75) is 38.6 Å². The average molecular weight is 283 g/mol. The number of hydrogen-bond acceptors (Lipinski definition) is 3. The molecule has 1 aliphatic rings. The summed E-state index contributed by atoms with van der Waals surface area (Å²) in [6, 6.07) is 9.82. The molecule has 0 saturated carbocycles. The van der Waals surface area contributed by atoms with Crippen molar-refractivity contribution in [1.29, 1.82) is 0 Å². The number of hydrogen-bond donors (Lipinski definition) is 2. The van der Waals surface area contributed by atoms with Gasteiger partial charge in [-0.2, -0.15) is 0 Å². The fraction of sp³-hybridized carbons (Fsp3) is 0.412. The fourth-order valence-corrected chi connectivity index (χ4v) is 2.82. The number of anilines is 1. The lowest BCUT2D eigenvalue weighted by molar-refractivity contribution is -0.118. The fourth-order valence-electron chi connectivity index (χ4n) is 2.82. The minimum Gasteiger partial charge on any atom is -0.323 e. The van der Waals surface area contributed by atoms with E-state index in [1.165, 1.54) is 6.42 Å². The smallest absolute Gasteiger partial charge is 0.241 e. The molecule has 2 aromatic rings. The molecule has 1 saturated heterocycles. The molecule has 1 atom stereocenters. The number of aryl methyl sites for hydroxylation is 1. The molecular formula is C17H21N3O. The second kappa shape index (κ2) is 6.22. The second-order valence-electron chi connectivity index (χ2n) is 5.68. The minimum absolute atomic E-state index is 0.0488. The topological polar surface area (TPSA) is 54.0 Å². The maximum atomic E-state index is 12.4. The molecule has 21 heavy (non-hydrogen) atoms. The standard InChI is InChI=1S/C17H21N3O/c1-12-9-10-13-6-5-8-14(16(13)19-12)20-17(21)15-7-3-2-4-11-18-15/h5-6,8-10,15,18H,2-4,7,11H2,1H3,(H,20,21). The van der Waals surface area contributed by atoms with Gasteiger partial charge in [0, 0.05) is 11.1 Å². The third kappa shape index (κ3) is 3.22. The number of aromatic nitrogens is 1. The van der Waals surface area contributed by atoms with E-state index in [-0.39, 0.29) is 11.9 Å². The molecule has 0 spiro atoms. The Labute approximate surface area is 125 Å². The molecule has 1 aliphatic heterocycles. The summed E-state index contributed by atoms with van der Waals surface area (Å²) in [6.07, 6.45) is 4.37. The highest BCUT2D eigenvalue weighted by atomic mass is 16.2. The molecule has 4 heteroatoms. The van der Waals surface area contributed by atoms with E-state index in [0.717, 1.165) is 48.1 Å². The van der Waals surface area contributed by atoms with Crippen LogP contribution >= 0.6 is 0 Å². The van der Waals surface area contributed by atoms with Crippen LogP contribution < -0.4 is 10.6 Å². The lowest BCUT2D eigenvalue weighted by atomic mass is 10.1. The van der Waals surface area contributed by atoms with E-state index in [1.807, 2.05) is 37.3 Å². The zero-order chi connectivity index (χ0) is 14.7. The van der Waals surface area contributed by atoms with Gasteiger partial charge in [-0.3, -0.25) is 9.78 Å². The first-order valence-corrected chi connectivity index (χ1v) is 7.65. The molecular weight excluding hydrogens is 262 g/mol. The van der Waals surface area contributed by atoms with Crippen molar-refractivity contribution >= 4 is 22.5 Å². The Balaban J connectivity index is 1.83. The molecule has 0 aliphatic carbocycles. The van der Waals surface area contributed by atoms with Gasteiger partial charge in [-0.15, -0.1) is 0 Å². The van der Waals surface area contributed by atoms with Crippen LogP contribution in [0.25, 0.3) is 10.9 Å². The van der Waals surface area contributed by atoms with Gasteiger partial charge >= 0.3 is 0 Å². The Morgan fingerprint density at radius 1 is 1.24 bits per heavy atom. The summed E-state index contributed by atoms with van der Waals surface area (Å²) in [4.78, 5) is 17.0. The van der Waals surface area contributed by atoms with E-state index in [2.05, 4.69) is 15.6 Å². The SMILES string of the molecule is Cc1ccc2cccc(NC(=O)C3CCCCCN3)c2n1. The lowest BCUT2D eigenvalue weighted by Crippen LogP contribution is -2.39. The van der Waals surface area contributed by atoms with E-state index in [0.29, 0.717) is 0 Å². The monoisotopic (exact) mass is 283 g/mol. The highest BCUT2D eigenvalue weighted by Gasteiger charge is 2.20. The molecule has 1 fully saturated rings. The normalized spacial score (nSPS) is 19.2. The van der Waals surface area contributed by atoms with Crippen LogP contribution in [0.3, 0.4) is 0 Å². The third-order valence-electron chi connectivity index (χ3n) is 3.99. The summed E-state index contributed by atoms with van der Waals surface area (Å²) in [6.45, 7) is 2.88. The zero-order valence-electron chi connectivity index (χ0n) is 12.4. The Bertz CT molecular complexity index is 646. The Kier molecular flexibility index (Phi) is 4.15. The largest absolute Gasteiger partial charge is 0.323 e. The Morgan fingerprint density at radius 2 is 2.14 bits per heavy atom. The molecule has 2 heterocycles. The van der Waals surface area contributed by atoms with Crippen molar-refractivity contribution in [2.24, 2.45) is 0 Å². The second-order valence-corrected chi connectivity index (χ2v) is 5.68. The van der Waals surface area contributed by atoms with Crippen LogP contribution in [0.5, 0.6) is 0 Å². The summed E-state index contributed by atoms with van der Waals surface area (Å²) in [5.41, 5.74) is 2.61. The Hall–Kier alpha value is -1.94. The van der Waals surface area contributed by atoms with Crippen molar-refractivity contribution in [3.05, 3.63) is 36.0 Å². The van der Waals surface area contributed by atoms with E-state index in [9.17, 15) is 4.79 Å². The van der Waals surface area contributed by atoms with Gasteiger partial charge < -0.3 is 10.6 Å². The van der Waals surface area contributed by atoms with Gasteiger partial charge in [0.2, 0.25) is 5.91 Å². The van der Waals surface area contributed by atoms with Crippen LogP contribution in [0.15, 0.2) is 30.3 Å². The number of carbonyl (C=O) groups excluding carboxylic acids is 1. The van der Waals surface area contributed by atoms with Gasteiger partial charge in [0.15, 0.2) is 0 Å². The van der Waals surface area contributed by atoms with Crippen LogP contribution in [-0.4, -0.2) is 23.5 Å². The first kappa shape index (κ1) is 14.0. The number of carbonyl (C=O) groups is 1. The molecule has 1 unspecified atom stereocenters. The van der Waals surface area contributed by atoms with E-state index >= 15 is 0 Å². The van der Waals surface area contributed by atoms with E-state index in [1.54, 1.807) is 0 Å². The number of fused-ring (bicyclic) bond motifs is 1. The molecule has 0 bridgehead atoms. The van der Waals surface area contributed by atoms with Gasteiger partial charge in [0.05, 0.1) is 17.2 Å². The summed E-state index contributed by atoms with van der Waals surface area (Å²) in [7, 11) is 0. The van der Waals surface area contributed by atoms with Crippen molar-refractivity contribution in [3.8, 4) is 0 Å². The predicted octanol–water partition coefficient (Wildman–Crippen LogP) is 3.01. The number of para-hydroxylation sites is 1. The number of benzene rings is 1. The van der Waals surface area contributed by atoms with Gasteiger partial charge in [-0.25, -0.2) is 0 Å². The number of nitrogens with zero attached hydrogens (tertiary/aromatic N) is 1. The summed E-state index contributed by atoms with van der Waals surface area (Å²) in [5, 5.41) is 7.42. The van der Waals surface area contributed by atoms with Gasteiger partial charge in [-0.05, 0) is 38.4 Å². The summed E-state index contributed by atoms with van der Waals surface area (Å²) >= 11 is 0. The molecule has 0 radical (unpaired) electrons. The first-order valence-electron chi connectivity index (χ1n) is 7.65. The minimum atomic E-state index is -0.0902. The predicted molar refractivity (Wildman–Crippen MR) is 85.4 cm³/mol. The van der Waals surface area contributed by atoms with Gasteiger partial charge in [0.25, 0.3) is 0 Å². The lowest BCUT2D eigenvalue weighted by Gasteiger charge is -2.16. The number of rotatable bonds is 2. The van der Waals surface area contributed by atoms with Crippen molar-refractivity contribution in [3.63, 3.8) is 0 Å². The maximum absolute atomic E-state index is 12.4. The zero-order valence-corrected chi connectivity index (χ0v) is 12.4. The highest BCUT2D eigenvalue weighted by molar-refractivity contribution is 6.02. The molecule has 4 nitrogen and oxygen atoms in total. The highest BCUT2D eigenvalue weighted by Crippen LogP contribution is 2.22. The van der Waals surface area contributed by atoms with Gasteiger partial charge in [-0.1, -0.05) is 31.0 Å². The van der Waals surface area contributed by atoms with Gasteiger partial charge in [0.1, 0.15) is 0 Å². The molecule has 110 valence electrons. The molecule has 3 rings (SSSR count). The van der Waals surface area contributed by atoms with Crippen molar-refractivity contribution in [2.75, 3.05) is 11.9 Å². The summed E-state index contributed by atoms with van der Waals surface area (Å²) < 4.78 is 0. The maximum Gasteiger partial charge on any atom is 0.241 e. The van der Waals surface area contributed by atoms with Crippen LogP contribution in [0, 0.1) is 6.92 Å². The van der Waals surface area contributed by atoms with E-state index in [4.69, 9.17) is 0 Å². The molecule has 1 amide bonds.